The van der Waals surface area contributed by atoms with E-state index in [0.717, 1.165) is 24.6 Å². The van der Waals surface area contributed by atoms with Crippen LogP contribution in [-0.4, -0.2) is 28.2 Å². The van der Waals surface area contributed by atoms with Gasteiger partial charge >= 0.3 is 0 Å². The number of hydrogen-bond acceptors (Lipinski definition) is 4. The molecular weight excluding hydrogens is 254 g/mol. The van der Waals surface area contributed by atoms with Crippen LogP contribution in [0.1, 0.15) is 34.3 Å². The van der Waals surface area contributed by atoms with Crippen LogP contribution in [0.2, 0.25) is 0 Å². The van der Waals surface area contributed by atoms with Gasteiger partial charge in [0, 0.05) is 12.5 Å². The molecule has 3 nitrogen and oxygen atoms in total. The third-order valence-corrected chi connectivity index (χ3v) is 4.73. The number of benzene rings is 1. The minimum atomic E-state index is 0.623. The van der Waals surface area contributed by atoms with Crippen molar-refractivity contribution in [2.24, 2.45) is 0 Å². The molecule has 1 aromatic carbocycles. The van der Waals surface area contributed by atoms with E-state index in [1.807, 2.05) is 6.92 Å². The van der Waals surface area contributed by atoms with Crippen LogP contribution in [0.4, 0.5) is 0 Å². The molecule has 0 aliphatic carbocycles. The summed E-state index contributed by atoms with van der Waals surface area (Å²) in [4.78, 5) is 2.54. The van der Waals surface area contributed by atoms with Gasteiger partial charge in [-0.25, -0.2) is 0 Å². The third kappa shape index (κ3) is 3.19. The van der Waals surface area contributed by atoms with Gasteiger partial charge in [-0.3, -0.25) is 4.90 Å². The van der Waals surface area contributed by atoms with E-state index in [4.69, 9.17) is 0 Å². The van der Waals surface area contributed by atoms with E-state index in [1.54, 1.807) is 11.3 Å². The number of hydrogen-bond donors (Lipinski definition) is 0. The third-order valence-electron chi connectivity index (χ3n) is 3.73. The Balaban J connectivity index is 1.55. The zero-order valence-electron chi connectivity index (χ0n) is 11.2. The van der Waals surface area contributed by atoms with Crippen molar-refractivity contribution >= 4 is 11.3 Å². The van der Waals surface area contributed by atoms with E-state index in [-0.39, 0.29) is 0 Å². The van der Waals surface area contributed by atoms with Gasteiger partial charge in [0.05, 0.1) is 0 Å². The van der Waals surface area contributed by atoms with Crippen LogP contribution >= 0.6 is 11.3 Å². The molecule has 2 aromatic rings. The number of aromatic nitrogens is 2. The summed E-state index contributed by atoms with van der Waals surface area (Å²) in [7, 11) is 0. The summed E-state index contributed by atoms with van der Waals surface area (Å²) in [6.45, 7) is 5.44. The average molecular weight is 273 g/mol. The molecule has 4 heteroatoms. The van der Waals surface area contributed by atoms with Gasteiger partial charge in [0.25, 0.3) is 0 Å². The molecule has 1 aliphatic rings. The molecule has 0 radical (unpaired) electrons. The van der Waals surface area contributed by atoms with Gasteiger partial charge in [-0.1, -0.05) is 30.3 Å². The fourth-order valence-electron chi connectivity index (χ4n) is 2.66. The van der Waals surface area contributed by atoms with Crippen molar-refractivity contribution in [1.82, 2.24) is 15.1 Å². The van der Waals surface area contributed by atoms with E-state index in [1.165, 1.54) is 23.4 Å². The summed E-state index contributed by atoms with van der Waals surface area (Å²) < 4.78 is 0. The summed E-state index contributed by atoms with van der Waals surface area (Å²) >= 11 is 1.76. The number of rotatable bonds is 3. The first-order valence-corrected chi connectivity index (χ1v) is 7.69. The summed E-state index contributed by atoms with van der Waals surface area (Å²) in [6.07, 6.45) is 2.42. The monoisotopic (exact) mass is 273 g/mol. The second kappa shape index (κ2) is 5.80. The maximum atomic E-state index is 4.30. The van der Waals surface area contributed by atoms with Crippen molar-refractivity contribution in [3.8, 4) is 0 Å². The minimum absolute atomic E-state index is 0.623. The van der Waals surface area contributed by atoms with Gasteiger partial charge in [-0.05, 0) is 38.4 Å². The average Bonchev–Trinajstić information content (AvgIpc) is 2.87. The highest BCUT2D eigenvalue weighted by molar-refractivity contribution is 7.11. The van der Waals surface area contributed by atoms with Crippen LogP contribution in [0, 0.1) is 6.92 Å². The number of piperidine rings is 1. The Kier molecular flexibility index (Phi) is 3.89. The molecule has 1 saturated heterocycles. The summed E-state index contributed by atoms with van der Waals surface area (Å²) in [6, 6.07) is 10.7. The van der Waals surface area contributed by atoms with Gasteiger partial charge in [0.15, 0.2) is 0 Å². The highest BCUT2D eigenvalue weighted by atomic mass is 32.1. The van der Waals surface area contributed by atoms with Crippen molar-refractivity contribution in [1.29, 1.82) is 0 Å². The van der Waals surface area contributed by atoms with E-state index < -0.39 is 0 Å². The molecule has 0 N–H and O–H groups in total. The normalized spacial score (nSPS) is 17.7. The SMILES string of the molecule is Cc1nnc(C2CCN(Cc3ccccc3)CC2)s1. The van der Waals surface area contributed by atoms with Crippen LogP contribution in [0.15, 0.2) is 30.3 Å². The summed E-state index contributed by atoms with van der Waals surface area (Å²) in [5.41, 5.74) is 1.41. The molecule has 0 unspecified atom stereocenters. The first kappa shape index (κ1) is 12.8. The summed E-state index contributed by atoms with van der Waals surface area (Å²) in [5.74, 6) is 0.623. The molecule has 2 heterocycles. The lowest BCUT2D eigenvalue weighted by Crippen LogP contribution is -2.32. The molecule has 0 saturated carbocycles. The van der Waals surface area contributed by atoms with Crippen molar-refractivity contribution in [3.63, 3.8) is 0 Å². The lowest BCUT2D eigenvalue weighted by molar-refractivity contribution is 0.204. The number of likely N-dealkylation sites (tertiary alicyclic amines) is 1. The second-order valence-corrected chi connectivity index (χ2v) is 6.41. The Labute approximate surface area is 118 Å². The van der Waals surface area contributed by atoms with Gasteiger partial charge in [-0.2, -0.15) is 0 Å². The van der Waals surface area contributed by atoms with Gasteiger partial charge < -0.3 is 0 Å². The molecule has 0 amide bonds. The van der Waals surface area contributed by atoms with Crippen molar-refractivity contribution in [3.05, 3.63) is 45.9 Å². The van der Waals surface area contributed by atoms with Crippen LogP contribution in [-0.2, 0) is 6.54 Å². The van der Waals surface area contributed by atoms with E-state index >= 15 is 0 Å². The number of nitrogens with zero attached hydrogens (tertiary/aromatic N) is 3. The molecule has 3 rings (SSSR count). The first-order valence-electron chi connectivity index (χ1n) is 6.87. The van der Waals surface area contributed by atoms with Crippen LogP contribution < -0.4 is 0 Å². The largest absolute Gasteiger partial charge is 0.299 e. The Morgan fingerprint density at radius 3 is 2.53 bits per heavy atom. The highest BCUT2D eigenvalue weighted by Crippen LogP contribution is 2.30. The smallest absolute Gasteiger partial charge is 0.120 e. The molecule has 1 fully saturated rings. The van der Waals surface area contributed by atoms with E-state index in [2.05, 4.69) is 45.4 Å². The predicted molar refractivity (Wildman–Crippen MR) is 78.3 cm³/mol. The Morgan fingerprint density at radius 2 is 1.89 bits per heavy atom. The maximum Gasteiger partial charge on any atom is 0.120 e. The fourth-order valence-corrected chi connectivity index (χ4v) is 3.52. The van der Waals surface area contributed by atoms with Gasteiger partial charge in [0.1, 0.15) is 10.0 Å². The predicted octanol–water partition coefficient (Wildman–Crippen LogP) is 3.23. The van der Waals surface area contributed by atoms with Gasteiger partial charge in [-0.15, -0.1) is 21.5 Å². The first-order chi connectivity index (χ1) is 9.31. The van der Waals surface area contributed by atoms with E-state index in [9.17, 15) is 0 Å². The molecule has 0 bridgehead atoms. The molecule has 0 spiro atoms. The molecular formula is C15H19N3S. The molecule has 100 valence electrons. The Morgan fingerprint density at radius 1 is 1.16 bits per heavy atom. The van der Waals surface area contributed by atoms with Gasteiger partial charge in [0.2, 0.25) is 0 Å². The zero-order valence-corrected chi connectivity index (χ0v) is 12.1. The van der Waals surface area contributed by atoms with Crippen molar-refractivity contribution in [2.75, 3.05) is 13.1 Å². The van der Waals surface area contributed by atoms with E-state index in [0.29, 0.717) is 5.92 Å². The van der Waals surface area contributed by atoms with Crippen LogP contribution in [0.5, 0.6) is 0 Å². The fraction of sp³-hybridized carbons (Fsp3) is 0.467. The quantitative estimate of drug-likeness (QED) is 0.859. The molecule has 0 atom stereocenters. The zero-order chi connectivity index (χ0) is 13.1. The second-order valence-electron chi connectivity index (χ2n) is 5.20. The Hall–Kier alpha value is -1.26. The summed E-state index contributed by atoms with van der Waals surface area (Å²) in [5, 5.41) is 10.8. The van der Waals surface area contributed by atoms with Crippen molar-refractivity contribution in [2.45, 2.75) is 32.2 Å². The lowest BCUT2D eigenvalue weighted by atomic mass is 9.97. The standard InChI is InChI=1S/C15H19N3S/c1-12-16-17-15(19-12)14-7-9-18(10-8-14)11-13-5-3-2-4-6-13/h2-6,14H,7-11H2,1H3. The molecule has 19 heavy (non-hydrogen) atoms. The maximum absolute atomic E-state index is 4.30. The van der Waals surface area contributed by atoms with Crippen LogP contribution in [0.3, 0.4) is 0 Å². The lowest BCUT2D eigenvalue weighted by Gasteiger charge is -2.30. The van der Waals surface area contributed by atoms with Crippen LogP contribution in [0.25, 0.3) is 0 Å². The topological polar surface area (TPSA) is 29.0 Å². The highest BCUT2D eigenvalue weighted by Gasteiger charge is 2.23. The number of aryl methyl sites for hydroxylation is 1. The van der Waals surface area contributed by atoms with Crippen molar-refractivity contribution < 1.29 is 0 Å². The Bertz CT molecular complexity index is 515. The molecule has 1 aliphatic heterocycles. The molecule has 1 aromatic heterocycles. The minimum Gasteiger partial charge on any atom is -0.299 e.